The highest BCUT2D eigenvalue weighted by atomic mass is 32.1. The van der Waals surface area contributed by atoms with Crippen molar-refractivity contribution in [1.29, 1.82) is 0 Å². The van der Waals surface area contributed by atoms with E-state index in [0.717, 1.165) is 27.6 Å². The highest BCUT2D eigenvalue weighted by Gasteiger charge is 2.25. The van der Waals surface area contributed by atoms with Crippen molar-refractivity contribution < 1.29 is 9.90 Å². The average Bonchev–Trinajstić information content (AvgIpc) is 3.04. The third-order valence-electron chi connectivity index (χ3n) is 3.56. The highest BCUT2D eigenvalue weighted by Crippen LogP contribution is 2.34. The summed E-state index contributed by atoms with van der Waals surface area (Å²) in [6.07, 6.45) is 2.81. The maximum Gasteiger partial charge on any atom is 0.328 e. The number of imidazole rings is 1. The van der Waals surface area contributed by atoms with Gasteiger partial charge in [0.15, 0.2) is 4.96 Å². The minimum absolute atomic E-state index is 0.169. The first-order chi connectivity index (χ1) is 10.9. The monoisotopic (exact) mass is 326 g/mol. The molecule has 0 fully saturated rings. The number of hydrogen-bond acceptors (Lipinski definition) is 3. The van der Waals surface area contributed by atoms with Gasteiger partial charge in [0, 0.05) is 16.9 Å². The van der Waals surface area contributed by atoms with E-state index in [-0.39, 0.29) is 5.41 Å². The van der Waals surface area contributed by atoms with Crippen molar-refractivity contribution in [2.24, 2.45) is 0 Å². The molecule has 0 radical (unpaired) electrons. The largest absolute Gasteiger partial charge is 0.478 e. The van der Waals surface area contributed by atoms with E-state index in [2.05, 4.69) is 26.2 Å². The average molecular weight is 326 g/mol. The van der Waals surface area contributed by atoms with Crippen LogP contribution in [0.25, 0.3) is 22.3 Å². The molecular weight excluding hydrogens is 308 g/mol. The van der Waals surface area contributed by atoms with Gasteiger partial charge in [-0.3, -0.25) is 4.40 Å². The first kappa shape index (κ1) is 15.5. The maximum absolute atomic E-state index is 11.0. The van der Waals surface area contributed by atoms with Gasteiger partial charge in [0.25, 0.3) is 0 Å². The van der Waals surface area contributed by atoms with Crippen LogP contribution in [0, 0.1) is 0 Å². The van der Waals surface area contributed by atoms with Gasteiger partial charge in [-0.2, -0.15) is 0 Å². The number of thiazole rings is 1. The zero-order valence-electron chi connectivity index (χ0n) is 13.3. The van der Waals surface area contributed by atoms with Crippen molar-refractivity contribution in [2.75, 3.05) is 0 Å². The molecule has 0 spiro atoms. The van der Waals surface area contributed by atoms with Crippen LogP contribution in [0.4, 0.5) is 0 Å². The number of carbonyl (C=O) groups is 1. The van der Waals surface area contributed by atoms with Crippen LogP contribution in [0.5, 0.6) is 0 Å². The minimum Gasteiger partial charge on any atom is -0.478 e. The highest BCUT2D eigenvalue weighted by molar-refractivity contribution is 7.15. The molecule has 0 saturated heterocycles. The van der Waals surface area contributed by atoms with Crippen LogP contribution < -0.4 is 0 Å². The summed E-state index contributed by atoms with van der Waals surface area (Å²) in [6, 6.07) is 10.1. The number of benzene rings is 1. The number of aliphatic carboxylic acids is 1. The summed E-state index contributed by atoms with van der Waals surface area (Å²) in [5.41, 5.74) is 3.67. The lowest BCUT2D eigenvalue weighted by atomic mass is 9.90. The molecule has 2 heterocycles. The van der Waals surface area contributed by atoms with E-state index in [1.807, 2.05) is 34.7 Å². The van der Waals surface area contributed by atoms with E-state index < -0.39 is 5.97 Å². The second-order valence-electron chi connectivity index (χ2n) is 6.37. The first-order valence-corrected chi connectivity index (χ1v) is 8.23. The van der Waals surface area contributed by atoms with Gasteiger partial charge in [0.2, 0.25) is 0 Å². The second kappa shape index (κ2) is 5.66. The molecule has 0 saturated carbocycles. The molecule has 4 nitrogen and oxygen atoms in total. The summed E-state index contributed by atoms with van der Waals surface area (Å²) in [5.74, 6) is -0.962. The summed E-state index contributed by atoms with van der Waals surface area (Å²) >= 11 is 1.56. The molecule has 5 heteroatoms. The number of aromatic nitrogens is 2. The predicted octanol–water partition coefficient (Wildman–Crippen LogP) is 4.46. The molecule has 0 amide bonds. The smallest absolute Gasteiger partial charge is 0.328 e. The van der Waals surface area contributed by atoms with E-state index in [9.17, 15) is 4.79 Å². The topological polar surface area (TPSA) is 54.6 Å². The Morgan fingerprint density at radius 3 is 2.57 bits per heavy atom. The molecule has 0 aliphatic rings. The maximum atomic E-state index is 11.0. The van der Waals surface area contributed by atoms with E-state index in [4.69, 9.17) is 10.1 Å². The molecule has 118 valence electrons. The number of rotatable bonds is 3. The van der Waals surface area contributed by atoms with Gasteiger partial charge in [0.1, 0.15) is 0 Å². The lowest BCUT2D eigenvalue weighted by molar-refractivity contribution is -0.131. The van der Waals surface area contributed by atoms with Crippen LogP contribution in [0.3, 0.4) is 0 Å². The van der Waals surface area contributed by atoms with Crippen LogP contribution in [0.2, 0.25) is 0 Å². The Kier molecular flexibility index (Phi) is 3.82. The fourth-order valence-corrected chi connectivity index (χ4v) is 3.45. The van der Waals surface area contributed by atoms with Gasteiger partial charge >= 0.3 is 5.97 Å². The van der Waals surface area contributed by atoms with E-state index in [1.54, 1.807) is 17.4 Å². The third-order valence-corrected chi connectivity index (χ3v) is 4.39. The van der Waals surface area contributed by atoms with E-state index >= 15 is 0 Å². The summed E-state index contributed by atoms with van der Waals surface area (Å²) in [4.78, 5) is 16.6. The zero-order chi connectivity index (χ0) is 16.6. The number of carboxylic acid groups (broad SMARTS) is 1. The lowest BCUT2D eigenvalue weighted by Gasteiger charge is -2.17. The van der Waals surface area contributed by atoms with Crippen LogP contribution in [0.1, 0.15) is 32.2 Å². The number of hydrogen-bond donors (Lipinski definition) is 1. The van der Waals surface area contributed by atoms with Gasteiger partial charge in [-0.25, -0.2) is 9.78 Å². The molecule has 3 rings (SSSR count). The third kappa shape index (κ3) is 2.92. The quantitative estimate of drug-likeness (QED) is 0.723. The normalized spacial score (nSPS) is 12.3. The number of fused-ring (bicyclic) bond motifs is 1. The molecular formula is C18H18N2O2S. The second-order valence-corrected chi connectivity index (χ2v) is 7.21. The van der Waals surface area contributed by atoms with Crippen molar-refractivity contribution in [3.8, 4) is 11.3 Å². The molecule has 0 aliphatic heterocycles. The summed E-state index contributed by atoms with van der Waals surface area (Å²) in [6.45, 7) is 6.25. The van der Waals surface area contributed by atoms with Gasteiger partial charge in [-0.1, -0.05) is 51.1 Å². The Bertz CT molecular complexity index is 883. The molecule has 23 heavy (non-hydrogen) atoms. The van der Waals surface area contributed by atoms with Gasteiger partial charge < -0.3 is 5.11 Å². The number of carboxylic acids is 1. The molecule has 2 aromatic heterocycles. The Morgan fingerprint density at radius 1 is 1.26 bits per heavy atom. The Balaban J connectivity index is 2.30. The van der Waals surface area contributed by atoms with Crippen LogP contribution >= 0.6 is 11.3 Å². The van der Waals surface area contributed by atoms with Crippen molar-refractivity contribution >= 4 is 28.3 Å². The van der Waals surface area contributed by atoms with Crippen LogP contribution in [-0.4, -0.2) is 20.5 Å². The SMILES string of the molecule is CC(C)(C)c1nc2scc(-c3ccccc3)n2c1/C=C/C(=O)O. The molecule has 0 aliphatic carbocycles. The zero-order valence-corrected chi connectivity index (χ0v) is 14.1. The Hall–Kier alpha value is -2.40. The lowest BCUT2D eigenvalue weighted by Crippen LogP contribution is -2.13. The minimum atomic E-state index is -0.962. The van der Waals surface area contributed by atoms with Crippen molar-refractivity contribution in [3.05, 3.63) is 53.2 Å². The summed E-state index contributed by atoms with van der Waals surface area (Å²) in [5, 5.41) is 11.1. The molecule has 0 bridgehead atoms. The van der Waals surface area contributed by atoms with Crippen LogP contribution in [-0.2, 0) is 10.2 Å². The van der Waals surface area contributed by atoms with Crippen molar-refractivity contribution in [3.63, 3.8) is 0 Å². The predicted molar refractivity (Wildman–Crippen MR) is 93.9 cm³/mol. The summed E-state index contributed by atoms with van der Waals surface area (Å²) in [7, 11) is 0. The molecule has 1 aromatic carbocycles. The molecule has 1 N–H and O–H groups in total. The van der Waals surface area contributed by atoms with Crippen molar-refractivity contribution in [2.45, 2.75) is 26.2 Å². The van der Waals surface area contributed by atoms with E-state index in [1.165, 1.54) is 6.08 Å². The first-order valence-electron chi connectivity index (χ1n) is 7.35. The summed E-state index contributed by atoms with van der Waals surface area (Å²) < 4.78 is 2.04. The molecule has 0 atom stereocenters. The van der Waals surface area contributed by atoms with Crippen LogP contribution in [0.15, 0.2) is 41.8 Å². The molecule has 0 unspecified atom stereocenters. The number of nitrogens with zero attached hydrogens (tertiary/aromatic N) is 2. The standard InChI is InChI=1S/C18H18N2O2S/c1-18(2,3)16-13(9-10-15(21)22)20-14(11-23-17(20)19-16)12-7-5-4-6-8-12/h4-11H,1-3H3,(H,21,22)/b10-9+. The van der Waals surface area contributed by atoms with Gasteiger partial charge in [-0.05, 0) is 11.6 Å². The Morgan fingerprint density at radius 2 is 1.96 bits per heavy atom. The van der Waals surface area contributed by atoms with E-state index in [0.29, 0.717) is 0 Å². The fraction of sp³-hybridized carbons (Fsp3) is 0.222. The van der Waals surface area contributed by atoms with Gasteiger partial charge in [-0.15, -0.1) is 11.3 Å². The molecule has 3 aromatic rings. The fourth-order valence-electron chi connectivity index (χ4n) is 2.55. The van der Waals surface area contributed by atoms with Gasteiger partial charge in [0.05, 0.1) is 17.1 Å². The van der Waals surface area contributed by atoms with Crippen molar-refractivity contribution in [1.82, 2.24) is 9.38 Å². The Labute approximate surface area is 138 Å².